The van der Waals surface area contributed by atoms with Gasteiger partial charge in [-0.2, -0.15) is 5.10 Å². The molecule has 0 aromatic carbocycles. The van der Waals surface area contributed by atoms with Gasteiger partial charge in [-0.1, -0.05) is 0 Å². The van der Waals surface area contributed by atoms with Crippen molar-refractivity contribution in [3.8, 4) is 0 Å². The van der Waals surface area contributed by atoms with Gasteiger partial charge in [0.15, 0.2) is 0 Å². The van der Waals surface area contributed by atoms with Crippen LogP contribution < -0.4 is 10.9 Å². The minimum absolute atomic E-state index is 0.100. The molecule has 0 atom stereocenters. The third kappa shape index (κ3) is 5.30. The van der Waals surface area contributed by atoms with Crippen LogP contribution in [0.5, 0.6) is 0 Å². The average Bonchev–Trinajstić information content (AvgIpc) is 2.33. The lowest BCUT2D eigenvalue weighted by Crippen LogP contribution is -2.30. The summed E-state index contributed by atoms with van der Waals surface area (Å²) in [5, 5.41) is 7.38. The van der Waals surface area contributed by atoms with Gasteiger partial charge in [-0.05, 0) is 44.1 Å². The fourth-order valence-corrected chi connectivity index (χ4v) is 1.90. The molecule has 0 radical (unpaired) electrons. The molecule has 0 saturated heterocycles. The summed E-state index contributed by atoms with van der Waals surface area (Å²) in [5.41, 5.74) is 0.643. The maximum absolute atomic E-state index is 12.1. The molecule has 108 valence electrons. The van der Waals surface area contributed by atoms with E-state index in [1.165, 1.54) is 4.68 Å². The molecule has 0 amide bonds. The molecule has 1 aromatic rings. The molecule has 7 heteroatoms. The van der Waals surface area contributed by atoms with Crippen LogP contribution in [0.25, 0.3) is 0 Å². The number of anilines is 1. The lowest BCUT2D eigenvalue weighted by Gasteiger charge is -2.14. The zero-order valence-electron chi connectivity index (χ0n) is 12.0. The summed E-state index contributed by atoms with van der Waals surface area (Å²) in [4.78, 5) is 16.2. The van der Waals surface area contributed by atoms with Crippen LogP contribution >= 0.6 is 15.9 Å². The quantitative estimate of drug-likeness (QED) is 0.790. The SMILES string of the molecule is CN(C)CCNc1cnn(CCN(C)C)c(=O)c1Br. The molecule has 1 heterocycles. The molecule has 0 aliphatic carbocycles. The van der Waals surface area contributed by atoms with Gasteiger partial charge in [0.1, 0.15) is 4.47 Å². The Morgan fingerprint density at radius 2 is 1.89 bits per heavy atom. The number of hydrogen-bond acceptors (Lipinski definition) is 5. The molecular formula is C12H22BrN5O. The number of aromatic nitrogens is 2. The Hall–Kier alpha value is -0.920. The lowest BCUT2D eigenvalue weighted by atomic mass is 10.4. The number of rotatable bonds is 7. The highest BCUT2D eigenvalue weighted by atomic mass is 79.9. The normalized spacial score (nSPS) is 11.3. The minimum atomic E-state index is -0.100. The van der Waals surface area contributed by atoms with Crippen LogP contribution in [-0.4, -0.2) is 67.4 Å². The fraction of sp³-hybridized carbons (Fsp3) is 0.667. The summed E-state index contributed by atoms with van der Waals surface area (Å²) < 4.78 is 2.02. The standard InChI is InChI=1S/C12H22BrN5O/c1-16(2)6-5-14-10-9-15-18(8-7-17(3)4)12(19)11(10)13/h9,14H,5-8H2,1-4H3. The van der Waals surface area contributed by atoms with Crippen molar-refractivity contribution in [3.05, 3.63) is 21.0 Å². The number of halogens is 1. The molecule has 0 saturated carbocycles. The van der Waals surface area contributed by atoms with E-state index in [-0.39, 0.29) is 5.56 Å². The molecule has 0 spiro atoms. The Balaban J connectivity index is 2.71. The van der Waals surface area contributed by atoms with Crippen molar-refractivity contribution in [1.29, 1.82) is 0 Å². The van der Waals surface area contributed by atoms with Crippen molar-refractivity contribution in [2.24, 2.45) is 0 Å². The Morgan fingerprint density at radius 1 is 1.26 bits per heavy atom. The van der Waals surface area contributed by atoms with Crippen molar-refractivity contribution in [3.63, 3.8) is 0 Å². The van der Waals surface area contributed by atoms with Gasteiger partial charge in [0, 0.05) is 19.6 Å². The Morgan fingerprint density at radius 3 is 2.47 bits per heavy atom. The van der Waals surface area contributed by atoms with E-state index in [2.05, 4.69) is 31.2 Å². The average molecular weight is 332 g/mol. The zero-order chi connectivity index (χ0) is 14.4. The van der Waals surface area contributed by atoms with Crippen LogP contribution in [0.3, 0.4) is 0 Å². The van der Waals surface area contributed by atoms with E-state index in [1.54, 1.807) is 6.20 Å². The van der Waals surface area contributed by atoms with Crippen LogP contribution in [0.15, 0.2) is 15.5 Å². The molecule has 1 rings (SSSR count). The summed E-state index contributed by atoms with van der Waals surface area (Å²) in [6, 6.07) is 0. The molecule has 19 heavy (non-hydrogen) atoms. The first-order chi connectivity index (χ1) is 8.91. The molecule has 0 bridgehead atoms. The predicted molar refractivity (Wildman–Crippen MR) is 81.8 cm³/mol. The highest BCUT2D eigenvalue weighted by molar-refractivity contribution is 9.10. The topological polar surface area (TPSA) is 53.4 Å². The third-order valence-electron chi connectivity index (χ3n) is 2.62. The predicted octanol–water partition coefficient (Wildman–Crippen LogP) is 0.541. The van der Waals surface area contributed by atoms with Gasteiger partial charge >= 0.3 is 0 Å². The summed E-state index contributed by atoms with van der Waals surface area (Å²) in [6.07, 6.45) is 1.69. The largest absolute Gasteiger partial charge is 0.381 e. The molecule has 6 nitrogen and oxygen atoms in total. The molecule has 1 aromatic heterocycles. The Labute approximate surface area is 122 Å². The van der Waals surface area contributed by atoms with E-state index in [1.807, 2.05) is 33.1 Å². The van der Waals surface area contributed by atoms with E-state index in [0.717, 1.165) is 25.3 Å². The van der Waals surface area contributed by atoms with Crippen molar-refractivity contribution < 1.29 is 0 Å². The first-order valence-electron chi connectivity index (χ1n) is 6.20. The second kappa shape index (κ2) is 7.62. The van der Waals surface area contributed by atoms with Crippen molar-refractivity contribution in [1.82, 2.24) is 19.6 Å². The van der Waals surface area contributed by atoms with E-state index in [4.69, 9.17) is 0 Å². The summed E-state index contributed by atoms with van der Waals surface area (Å²) in [7, 11) is 7.96. The fourth-order valence-electron chi connectivity index (χ4n) is 1.46. The highest BCUT2D eigenvalue weighted by Gasteiger charge is 2.08. The van der Waals surface area contributed by atoms with E-state index in [9.17, 15) is 4.79 Å². The van der Waals surface area contributed by atoms with E-state index >= 15 is 0 Å². The van der Waals surface area contributed by atoms with Crippen molar-refractivity contribution in [2.75, 3.05) is 53.1 Å². The summed E-state index contributed by atoms with van der Waals surface area (Å²) in [5.74, 6) is 0. The smallest absolute Gasteiger partial charge is 0.283 e. The second-order valence-electron chi connectivity index (χ2n) is 4.93. The molecule has 0 aliphatic rings. The maximum Gasteiger partial charge on any atom is 0.283 e. The molecule has 0 unspecified atom stereocenters. The van der Waals surface area contributed by atoms with E-state index < -0.39 is 0 Å². The Bertz CT molecular complexity index is 458. The number of nitrogens with zero attached hydrogens (tertiary/aromatic N) is 4. The van der Waals surface area contributed by atoms with Crippen LogP contribution in [0.2, 0.25) is 0 Å². The maximum atomic E-state index is 12.1. The number of nitrogens with one attached hydrogen (secondary N) is 1. The van der Waals surface area contributed by atoms with Gasteiger partial charge < -0.3 is 15.1 Å². The van der Waals surface area contributed by atoms with Crippen LogP contribution in [0, 0.1) is 0 Å². The van der Waals surface area contributed by atoms with E-state index in [0.29, 0.717) is 11.0 Å². The van der Waals surface area contributed by atoms with Gasteiger partial charge in [-0.25, -0.2) is 4.68 Å². The first kappa shape index (κ1) is 16.1. The first-order valence-corrected chi connectivity index (χ1v) is 7.00. The summed E-state index contributed by atoms with van der Waals surface area (Å²) in [6.45, 7) is 3.04. The van der Waals surface area contributed by atoms with Crippen LogP contribution in [-0.2, 0) is 6.54 Å². The number of likely N-dealkylation sites (N-methyl/N-ethyl adjacent to an activating group) is 2. The summed E-state index contributed by atoms with van der Waals surface area (Å²) >= 11 is 3.34. The molecular weight excluding hydrogens is 310 g/mol. The van der Waals surface area contributed by atoms with Gasteiger partial charge in [0.25, 0.3) is 5.56 Å². The third-order valence-corrected chi connectivity index (χ3v) is 3.38. The van der Waals surface area contributed by atoms with Gasteiger partial charge in [-0.15, -0.1) is 0 Å². The second-order valence-corrected chi connectivity index (χ2v) is 5.73. The van der Waals surface area contributed by atoms with Crippen molar-refractivity contribution >= 4 is 21.6 Å². The van der Waals surface area contributed by atoms with Crippen molar-refractivity contribution in [2.45, 2.75) is 6.54 Å². The van der Waals surface area contributed by atoms with Crippen LogP contribution in [0.4, 0.5) is 5.69 Å². The Kier molecular flexibility index (Phi) is 6.47. The molecule has 0 fully saturated rings. The number of hydrogen-bond donors (Lipinski definition) is 1. The minimum Gasteiger partial charge on any atom is -0.381 e. The highest BCUT2D eigenvalue weighted by Crippen LogP contribution is 2.15. The zero-order valence-corrected chi connectivity index (χ0v) is 13.6. The molecule has 0 aliphatic heterocycles. The van der Waals surface area contributed by atoms with Gasteiger partial charge in [0.05, 0.1) is 18.4 Å². The molecule has 1 N–H and O–H groups in total. The van der Waals surface area contributed by atoms with Gasteiger partial charge in [-0.3, -0.25) is 4.79 Å². The lowest BCUT2D eigenvalue weighted by molar-refractivity contribution is 0.367. The van der Waals surface area contributed by atoms with Crippen LogP contribution in [0.1, 0.15) is 0 Å². The van der Waals surface area contributed by atoms with Gasteiger partial charge in [0.2, 0.25) is 0 Å². The monoisotopic (exact) mass is 331 g/mol.